The number of H-pyrrole nitrogens is 1. The molecule has 4 nitrogen and oxygen atoms in total. The van der Waals surface area contributed by atoms with Gasteiger partial charge >= 0.3 is 0 Å². The lowest BCUT2D eigenvalue weighted by Crippen LogP contribution is -2.35. The fourth-order valence-electron chi connectivity index (χ4n) is 1.79. The van der Waals surface area contributed by atoms with Crippen LogP contribution in [0.15, 0.2) is 22.7 Å². The lowest BCUT2D eigenvalue weighted by atomic mass is 10.2. The number of aromatic amines is 1. The van der Waals surface area contributed by atoms with Gasteiger partial charge in [0.1, 0.15) is 0 Å². The van der Waals surface area contributed by atoms with Crippen LogP contribution in [0.4, 0.5) is 0 Å². The Morgan fingerprint density at radius 2 is 2.05 bits per heavy atom. The first-order valence-electron chi connectivity index (χ1n) is 5.69. The second kappa shape index (κ2) is 4.71. The molecule has 19 heavy (non-hydrogen) atoms. The van der Waals surface area contributed by atoms with Gasteiger partial charge in [0.05, 0.1) is 15.8 Å². The first kappa shape index (κ1) is 14.7. The Morgan fingerprint density at radius 3 is 2.63 bits per heavy atom. The molecule has 0 fully saturated rings. The van der Waals surface area contributed by atoms with Crippen LogP contribution in [0.3, 0.4) is 0 Å². The Labute approximate surface area is 125 Å². The molecule has 104 valence electrons. The van der Waals surface area contributed by atoms with Crippen molar-refractivity contribution in [2.24, 2.45) is 0 Å². The molecule has 0 saturated carbocycles. The second-order valence-corrected chi connectivity index (χ2v) is 9.16. The molecule has 0 spiro atoms. The molecule has 2 aromatic rings. The van der Waals surface area contributed by atoms with Crippen LogP contribution in [0, 0.1) is 4.77 Å². The Bertz CT molecular complexity index is 788. The summed E-state index contributed by atoms with van der Waals surface area (Å²) in [6.07, 6.45) is 1.25. The first-order chi connectivity index (χ1) is 8.62. The predicted octanol–water partition coefficient (Wildman–Crippen LogP) is 3.28. The molecule has 2 rings (SSSR count). The summed E-state index contributed by atoms with van der Waals surface area (Å²) in [4.78, 5) is 3.09. The van der Waals surface area contributed by atoms with Crippen molar-refractivity contribution >= 4 is 49.0 Å². The van der Waals surface area contributed by atoms with Crippen LogP contribution in [0.25, 0.3) is 11.0 Å². The van der Waals surface area contributed by atoms with E-state index in [4.69, 9.17) is 12.2 Å². The summed E-state index contributed by atoms with van der Waals surface area (Å²) in [6.45, 7) is 3.75. The van der Waals surface area contributed by atoms with E-state index in [1.807, 2.05) is 22.8 Å². The van der Waals surface area contributed by atoms with Crippen LogP contribution in [-0.2, 0) is 16.4 Å². The number of benzene rings is 1. The highest BCUT2D eigenvalue weighted by atomic mass is 79.9. The van der Waals surface area contributed by atoms with E-state index >= 15 is 0 Å². The third kappa shape index (κ3) is 2.78. The zero-order valence-corrected chi connectivity index (χ0v) is 14.1. The minimum atomic E-state index is -3.16. The molecular formula is C12H15BrN2O2S2. The lowest BCUT2D eigenvalue weighted by Gasteiger charge is -2.23. The number of hydrogen-bond donors (Lipinski definition) is 1. The van der Waals surface area contributed by atoms with Gasteiger partial charge in [-0.3, -0.25) is 0 Å². The maximum atomic E-state index is 11.8. The van der Waals surface area contributed by atoms with Gasteiger partial charge in [-0.25, -0.2) is 8.42 Å². The molecule has 1 heterocycles. The van der Waals surface area contributed by atoms with Crippen molar-refractivity contribution in [3.8, 4) is 0 Å². The molecule has 0 bridgehead atoms. The van der Waals surface area contributed by atoms with Crippen LogP contribution < -0.4 is 0 Å². The fourth-order valence-corrected chi connectivity index (χ4v) is 2.79. The predicted molar refractivity (Wildman–Crippen MR) is 83.7 cm³/mol. The summed E-state index contributed by atoms with van der Waals surface area (Å²) < 4.78 is 26.1. The minimum absolute atomic E-state index is 0.326. The van der Waals surface area contributed by atoms with Crippen molar-refractivity contribution in [3.05, 3.63) is 27.4 Å². The van der Waals surface area contributed by atoms with Crippen LogP contribution in [0.5, 0.6) is 0 Å². The molecule has 0 aliphatic carbocycles. The molecular weight excluding hydrogens is 348 g/mol. The fraction of sp³-hybridized carbons (Fsp3) is 0.417. The number of fused-ring (bicyclic) bond motifs is 1. The number of sulfone groups is 1. The molecule has 0 amide bonds. The average molecular weight is 363 g/mol. The summed E-state index contributed by atoms with van der Waals surface area (Å²) in [5, 5.41) is 0. The van der Waals surface area contributed by atoms with Gasteiger partial charge in [-0.05, 0) is 44.3 Å². The zero-order valence-electron chi connectivity index (χ0n) is 10.9. The van der Waals surface area contributed by atoms with Crippen LogP contribution >= 0.6 is 28.1 Å². The molecule has 7 heteroatoms. The Morgan fingerprint density at radius 1 is 1.42 bits per heavy atom. The minimum Gasteiger partial charge on any atom is -0.331 e. The van der Waals surface area contributed by atoms with Crippen molar-refractivity contribution in [2.75, 3.05) is 6.26 Å². The molecule has 0 radical (unpaired) electrons. The topological polar surface area (TPSA) is 54.9 Å². The number of aromatic nitrogens is 2. The lowest BCUT2D eigenvalue weighted by molar-refractivity contribution is 0.506. The van der Waals surface area contributed by atoms with Gasteiger partial charge in [0.25, 0.3) is 0 Å². The number of halogens is 1. The number of imidazole rings is 1. The second-order valence-electron chi connectivity index (χ2n) is 5.21. The maximum absolute atomic E-state index is 11.8. The molecule has 1 aromatic heterocycles. The van der Waals surface area contributed by atoms with Gasteiger partial charge < -0.3 is 9.55 Å². The van der Waals surface area contributed by atoms with Crippen molar-refractivity contribution in [1.29, 1.82) is 0 Å². The van der Waals surface area contributed by atoms with E-state index in [0.29, 0.717) is 11.3 Å². The van der Waals surface area contributed by atoms with Crippen molar-refractivity contribution in [3.63, 3.8) is 0 Å². The molecule has 0 unspecified atom stereocenters. The summed E-state index contributed by atoms with van der Waals surface area (Å²) in [6, 6.07) is 5.76. The van der Waals surface area contributed by atoms with E-state index in [-0.39, 0.29) is 0 Å². The van der Waals surface area contributed by atoms with Gasteiger partial charge in [-0.1, -0.05) is 15.9 Å². The third-order valence-corrected chi connectivity index (χ3v) is 6.23. The van der Waals surface area contributed by atoms with Crippen molar-refractivity contribution in [2.45, 2.75) is 25.1 Å². The van der Waals surface area contributed by atoms with Gasteiger partial charge in [0.2, 0.25) is 0 Å². The van der Waals surface area contributed by atoms with Crippen molar-refractivity contribution in [1.82, 2.24) is 9.55 Å². The largest absolute Gasteiger partial charge is 0.331 e. The van der Waals surface area contributed by atoms with E-state index in [9.17, 15) is 8.42 Å². The van der Waals surface area contributed by atoms with Crippen LogP contribution in [0.2, 0.25) is 0 Å². The van der Waals surface area contributed by atoms with Gasteiger partial charge in [0, 0.05) is 17.3 Å². The summed E-state index contributed by atoms with van der Waals surface area (Å²) in [5.41, 5.74) is 1.80. The molecule has 0 atom stereocenters. The molecule has 0 aliphatic heterocycles. The molecule has 1 N–H and O–H groups in total. The first-order valence-corrected chi connectivity index (χ1v) is 8.79. The zero-order chi connectivity index (χ0) is 14.4. The highest BCUT2D eigenvalue weighted by molar-refractivity contribution is 9.10. The van der Waals surface area contributed by atoms with E-state index in [1.165, 1.54) is 6.26 Å². The number of hydrogen-bond acceptors (Lipinski definition) is 3. The number of rotatable bonds is 3. The number of nitrogens with zero attached hydrogens (tertiary/aromatic N) is 1. The SMILES string of the molecule is CC(C)(Cn1c(=S)[nH]c2cc(Br)ccc21)S(C)(=O)=O. The Kier molecular flexibility index (Phi) is 3.66. The number of nitrogens with one attached hydrogen (secondary N) is 1. The Hall–Kier alpha value is -0.660. The van der Waals surface area contributed by atoms with E-state index < -0.39 is 14.6 Å². The van der Waals surface area contributed by atoms with E-state index in [1.54, 1.807) is 13.8 Å². The summed E-state index contributed by atoms with van der Waals surface area (Å²) in [7, 11) is -3.16. The van der Waals surface area contributed by atoms with E-state index in [0.717, 1.165) is 15.5 Å². The van der Waals surface area contributed by atoms with E-state index in [2.05, 4.69) is 20.9 Å². The standard InChI is InChI=1S/C12H15BrN2O2S2/c1-12(2,19(3,16)17)7-15-10-5-4-8(13)6-9(10)14-11(15)18/h4-6H,7H2,1-3H3,(H,14,18). The monoisotopic (exact) mass is 362 g/mol. The smallest absolute Gasteiger partial charge is 0.178 e. The highest BCUT2D eigenvalue weighted by Crippen LogP contribution is 2.24. The Balaban J connectivity index is 2.59. The van der Waals surface area contributed by atoms with Crippen molar-refractivity contribution < 1.29 is 8.42 Å². The normalized spacial score (nSPS) is 13.1. The highest BCUT2D eigenvalue weighted by Gasteiger charge is 2.31. The van der Waals surface area contributed by atoms with Gasteiger partial charge in [0.15, 0.2) is 14.6 Å². The average Bonchev–Trinajstić information content (AvgIpc) is 2.52. The molecule has 0 aliphatic rings. The quantitative estimate of drug-likeness (QED) is 0.852. The third-order valence-electron chi connectivity index (χ3n) is 3.28. The summed E-state index contributed by atoms with van der Waals surface area (Å²) in [5.74, 6) is 0. The van der Waals surface area contributed by atoms with Crippen LogP contribution in [-0.4, -0.2) is 29.0 Å². The van der Waals surface area contributed by atoms with Crippen LogP contribution in [0.1, 0.15) is 13.8 Å². The molecule has 1 aromatic carbocycles. The molecule has 0 saturated heterocycles. The van der Waals surface area contributed by atoms with Gasteiger partial charge in [-0.15, -0.1) is 0 Å². The maximum Gasteiger partial charge on any atom is 0.178 e. The summed E-state index contributed by atoms with van der Waals surface area (Å²) >= 11 is 8.68. The van der Waals surface area contributed by atoms with Gasteiger partial charge in [-0.2, -0.15) is 0 Å².